The van der Waals surface area contributed by atoms with Crippen LogP contribution in [0.25, 0.3) is 22.5 Å². The highest BCUT2D eigenvalue weighted by atomic mass is 16.5. The van der Waals surface area contributed by atoms with Gasteiger partial charge in [-0.1, -0.05) is 0 Å². The first-order chi connectivity index (χ1) is 13.6. The number of furan rings is 1. The van der Waals surface area contributed by atoms with Crippen molar-refractivity contribution in [3.8, 4) is 51.8 Å². The Balaban J connectivity index is 2.37. The van der Waals surface area contributed by atoms with Gasteiger partial charge in [-0.25, -0.2) is 0 Å². The minimum atomic E-state index is 0.0858. The summed E-state index contributed by atoms with van der Waals surface area (Å²) in [4.78, 5) is 0. The summed E-state index contributed by atoms with van der Waals surface area (Å²) in [7, 11) is 4.52. The van der Waals surface area contributed by atoms with E-state index in [0.717, 1.165) is 0 Å². The summed E-state index contributed by atoms with van der Waals surface area (Å²) >= 11 is 0. The molecule has 0 spiro atoms. The van der Waals surface area contributed by atoms with Gasteiger partial charge in [0.05, 0.1) is 44.4 Å². The van der Waals surface area contributed by atoms with Gasteiger partial charge >= 0.3 is 0 Å². The predicted octanol–water partition coefficient (Wildman–Crippen LogP) is 3.96. The third-order valence-corrected chi connectivity index (χ3v) is 4.35. The van der Waals surface area contributed by atoms with Crippen LogP contribution in [0.15, 0.2) is 41.0 Å². The molecule has 140 valence electrons. The van der Waals surface area contributed by atoms with Crippen LogP contribution in [0.2, 0.25) is 0 Å². The van der Waals surface area contributed by atoms with E-state index in [2.05, 4.69) is 12.1 Å². The zero-order valence-corrected chi connectivity index (χ0v) is 15.6. The van der Waals surface area contributed by atoms with Crippen LogP contribution in [-0.2, 0) is 0 Å². The molecule has 0 radical (unpaired) electrons. The summed E-state index contributed by atoms with van der Waals surface area (Å²) in [5.41, 5.74) is 8.26. The fourth-order valence-electron chi connectivity index (χ4n) is 3.04. The summed E-state index contributed by atoms with van der Waals surface area (Å²) in [5.74, 6) is 1.77. The number of methoxy groups -OCH3 is 3. The van der Waals surface area contributed by atoms with Crippen molar-refractivity contribution in [2.24, 2.45) is 0 Å². The van der Waals surface area contributed by atoms with Crippen LogP contribution in [0.4, 0.5) is 5.69 Å². The number of anilines is 1. The normalized spacial score (nSPS) is 10.0. The Kier molecular flexibility index (Phi) is 5.10. The summed E-state index contributed by atoms with van der Waals surface area (Å²) in [6.07, 6.45) is 1.50. The second kappa shape index (κ2) is 7.65. The summed E-state index contributed by atoms with van der Waals surface area (Å²) in [5, 5.41) is 19.3. The zero-order valence-electron chi connectivity index (χ0n) is 15.6. The van der Waals surface area contributed by atoms with E-state index >= 15 is 0 Å². The number of nitrogens with zero attached hydrogens (tertiary/aromatic N) is 2. The van der Waals surface area contributed by atoms with Crippen molar-refractivity contribution >= 4 is 5.69 Å². The molecule has 0 amide bonds. The first-order valence-corrected chi connectivity index (χ1v) is 8.20. The number of nitriles is 2. The number of hydrogen-bond donors (Lipinski definition) is 1. The van der Waals surface area contributed by atoms with Gasteiger partial charge < -0.3 is 24.4 Å². The van der Waals surface area contributed by atoms with Crippen molar-refractivity contribution in [2.45, 2.75) is 0 Å². The summed E-state index contributed by atoms with van der Waals surface area (Å²) in [6.45, 7) is 0. The molecule has 3 aromatic rings. The molecule has 0 aliphatic carbocycles. The van der Waals surface area contributed by atoms with Gasteiger partial charge in [0.15, 0.2) is 11.5 Å². The van der Waals surface area contributed by atoms with E-state index in [9.17, 15) is 10.5 Å². The van der Waals surface area contributed by atoms with E-state index in [1.165, 1.54) is 27.6 Å². The van der Waals surface area contributed by atoms with E-state index in [-0.39, 0.29) is 16.8 Å². The molecule has 0 saturated carbocycles. The van der Waals surface area contributed by atoms with E-state index < -0.39 is 0 Å². The van der Waals surface area contributed by atoms with Gasteiger partial charge in [-0.3, -0.25) is 0 Å². The van der Waals surface area contributed by atoms with Gasteiger partial charge in [0.25, 0.3) is 0 Å². The third-order valence-electron chi connectivity index (χ3n) is 4.35. The van der Waals surface area contributed by atoms with Crippen molar-refractivity contribution in [3.05, 3.63) is 47.7 Å². The van der Waals surface area contributed by atoms with Crippen LogP contribution in [-0.4, -0.2) is 21.3 Å². The molecule has 0 fully saturated rings. The van der Waals surface area contributed by atoms with Crippen molar-refractivity contribution in [1.82, 2.24) is 0 Å². The van der Waals surface area contributed by atoms with Crippen molar-refractivity contribution in [2.75, 3.05) is 27.1 Å². The number of benzene rings is 2. The Morgan fingerprint density at radius 1 is 0.893 bits per heavy atom. The Labute approximate surface area is 162 Å². The summed E-state index contributed by atoms with van der Waals surface area (Å²) < 4.78 is 21.6. The molecule has 0 saturated heterocycles. The highest BCUT2D eigenvalue weighted by molar-refractivity contribution is 5.89. The molecule has 28 heavy (non-hydrogen) atoms. The van der Waals surface area contributed by atoms with Crippen molar-refractivity contribution in [3.63, 3.8) is 0 Å². The predicted molar refractivity (Wildman–Crippen MR) is 103 cm³/mol. The number of nitrogen functional groups attached to an aromatic ring is 1. The monoisotopic (exact) mass is 375 g/mol. The molecule has 0 atom stereocenters. The largest absolute Gasteiger partial charge is 0.493 e. The van der Waals surface area contributed by atoms with Gasteiger partial charge in [-0.05, 0) is 35.9 Å². The maximum Gasteiger partial charge on any atom is 0.203 e. The average molecular weight is 375 g/mol. The Morgan fingerprint density at radius 2 is 1.50 bits per heavy atom. The second-order valence-corrected chi connectivity index (χ2v) is 5.75. The topological polar surface area (TPSA) is 114 Å². The van der Waals surface area contributed by atoms with E-state index in [4.69, 9.17) is 24.4 Å². The maximum atomic E-state index is 9.71. The zero-order chi connectivity index (χ0) is 20.3. The molecule has 0 aliphatic rings. The molecule has 2 N–H and O–H groups in total. The third kappa shape index (κ3) is 2.95. The average Bonchev–Trinajstić information content (AvgIpc) is 3.26. The molecule has 1 heterocycles. The molecule has 1 aromatic heterocycles. The first-order valence-electron chi connectivity index (χ1n) is 8.20. The smallest absolute Gasteiger partial charge is 0.203 e. The van der Waals surface area contributed by atoms with E-state index in [0.29, 0.717) is 39.7 Å². The van der Waals surface area contributed by atoms with Gasteiger partial charge in [0.2, 0.25) is 5.75 Å². The highest BCUT2D eigenvalue weighted by Crippen LogP contribution is 2.44. The van der Waals surface area contributed by atoms with Crippen LogP contribution < -0.4 is 19.9 Å². The molecule has 7 heteroatoms. The van der Waals surface area contributed by atoms with Crippen LogP contribution in [0.5, 0.6) is 17.2 Å². The second-order valence-electron chi connectivity index (χ2n) is 5.75. The fraction of sp³-hybridized carbons (Fsp3) is 0.143. The Morgan fingerprint density at radius 3 is 1.96 bits per heavy atom. The first kappa shape index (κ1) is 18.7. The number of nitrogens with two attached hydrogens (primary N) is 1. The standard InChI is InChI=1S/C21H17N3O4/c1-25-18-7-12(8-19(26-2)21(18)27-3)13-9-14(17-5-4-6-28-17)16(11-23)20(24)15(13)10-22/h4-9H,24H2,1-3H3. The van der Waals surface area contributed by atoms with Gasteiger partial charge in [0.1, 0.15) is 17.9 Å². The molecule has 2 aromatic carbocycles. The van der Waals surface area contributed by atoms with E-state index in [1.807, 2.05) is 0 Å². The lowest BCUT2D eigenvalue weighted by Crippen LogP contribution is -2.01. The molecule has 0 bridgehead atoms. The van der Waals surface area contributed by atoms with Crippen LogP contribution >= 0.6 is 0 Å². The number of hydrogen-bond acceptors (Lipinski definition) is 7. The van der Waals surface area contributed by atoms with Gasteiger partial charge in [-0.2, -0.15) is 10.5 Å². The minimum Gasteiger partial charge on any atom is -0.493 e. The molecule has 0 unspecified atom stereocenters. The van der Waals surface area contributed by atoms with Crippen molar-refractivity contribution < 1.29 is 18.6 Å². The lowest BCUT2D eigenvalue weighted by molar-refractivity contribution is 0.324. The summed E-state index contributed by atoms with van der Waals surface area (Å²) in [6, 6.07) is 12.7. The van der Waals surface area contributed by atoms with Gasteiger partial charge in [-0.15, -0.1) is 0 Å². The molecule has 7 nitrogen and oxygen atoms in total. The number of rotatable bonds is 5. The molecular weight excluding hydrogens is 358 g/mol. The molecule has 0 aliphatic heterocycles. The number of ether oxygens (including phenoxy) is 3. The van der Waals surface area contributed by atoms with Crippen LogP contribution in [0.1, 0.15) is 11.1 Å². The molecular formula is C21H17N3O4. The van der Waals surface area contributed by atoms with Gasteiger partial charge in [0, 0.05) is 11.1 Å². The Bertz CT molecular complexity index is 1080. The SMILES string of the molecule is COc1cc(-c2cc(-c3ccco3)c(C#N)c(N)c2C#N)cc(OC)c1OC. The Hall–Kier alpha value is -4.10. The quantitative estimate of drug-likeness (QED) is 0.671. The fourth-order valence-corrected chi connectivity index (χ4v) is 3.04. The highest BCUT2D eigenvalue weighted by Gasteiger charge is 2.22. The lowest BCUT2D eigenvalue weighted by atomic mass is 9.91. The van der Waals surface area contributed by atoms with Crippen molar-refractivity contribution in [1.29, 1.82) is 10.5 Å². The maximum absolute atomic E-state index is 9.71. The van der Waals surface area contributed by atoms with E-state index in [1.54, 1.807) is 30.3 Å². The minimum absolute atomic E-state index is 0.0858. The molecule has 3 rings (SSSR count). The van der Waals surface area contributed by atoms with Crippen LogP contribution in [0, 0.1) is 22.7 Å². The lowest BCUT2D eigenvalue weighted by Gasteiger charge is -2.16. The van der Waals surface area contributed by atoms with Crippen LogP contribution in [0.3, 0.4) is 0 Å².